The Labute approximate surface area is 170 Å². The molecule has 2 saturated heterocycles. The first kappa shape index (κ1) is 19.7. The van der Waals surface area contributed by atoms with Crippen molar-refractivity contribution in [2.24, 2.45) is 5.41 Å². The van der Waals surface area contributed by atoms with Gasteiger partial charge in [-0.25, -0.2) is 9.18 Å². The van der Waals surface area contributed by atoms with E-state index in [0.717, 1.165) is 56.8 Å². The number of hydrogen-bond donors (Lipinski definition) is 1. The number of nitrogens with zero attached hydrogens (tertiary/aromatic N) is 2. The van der Waals surface area contributed by atoms with Gasteiger partial charge in [-0.1, -0.05) is 6.07 Å². The van der Waals surface area contributed by atoms with Gasteiger partial charge in [-0.05, 0) is 74.8 Å². The zero-order valence-corrected chi connectivity index (χ0v) is 16.7. The summed E-state index contributed by atoms with van der Waals surface area (Å²) < 4.78 is 19.1. The van der Waals surface area contributed by atoms with E-state index in [0.29, 0.717) is 23.3 Å². The summed E-state index contributed by atoms with van der Waals surface area (Å²) >= 11 is 0. The third-order valence-corrected chi connectivity index (χ3v) is 6.15. The molecule has 4 rings (SSSR count). The molecule has 0 bridgehead atoms. The number of likely N-dealkylation sites (tertiary alicyclic amines) is 1. The Kier molecular flexibility index (Phi) is 5.46. The van der Waals surface area contributed by atoms with Crippen LogP contribution in [0.2, 0.25) is 0 Å². The second-order valence-corrected chi connectivity index (χ2v) is 8.18. The van der Waals surface area contributed by atoms with Gasteiger partial charge in [0.2, 0.25) is 0 Å². The standard InChI is InChI=1S/C23H27FN2O3/c1-2-29-21-13-17(3-8-20(21)24)14-25-11-9-23(10-12-25)15-26(16-23)19-6-4-18(5-7-19)22(27)28/h3-8,13H,2,9-12,14-16H2,1H3,(H,27,28). The highest BCUT2D eigenvalue weighted by molar-refractivity contribution is 5.88. The van der Waals surface area contributed by atoms with Crippen molar-refractivity contribution in [2.45, 2.75) is 26.3 Å². The van der Waals surface area contributed by atoms with Crippen molar-refractivity contribution in [3.8, 4) is 5.75 Å². The van der Waals surface area contributed by atoms with E-state index in [1.807, 2.05) is 31.2 Å². The molecular formula is C23H27FN2O3. The van der Waals surface area contributed by atoms with Crippen molar-refractivity contribution in [3.05, 3.63) is 59.4 Å². The highest BCUT2D eigenvalue weighted by Crippen LogP contribution is 2.42. The molecule has 0 unspecified atom stereocenters. The molecule has 0 aromatic heterocycles. The summed E-state index contributed by atoms with van der Waals surface area (Å²) in [5.74, 6) is -0.861. The van der Waals surface area contributed by atoms with Crippen molar-refractivity contribution >= 4 is 11.7 Å². The van der Waals surface area contributed by atoms with E-state index in [-0.39, 0.29) is 5.82 Å². The molecule has 0 saturated carbocycles. The summed E-state index contributed by atoms with van der Waals surface area (Å²) in [5.41, 5.74) is 2.87. The zero-order valence-electron chi connectivity index (χ0n) is 16.7. The van der Waals surface area contributed by atoms with Gasteiger partial charge in [0.25, 0.3) is 0 Å². The Morgan fingerprint density at radius 1 is 1.14 bits per heavy atom. The van der Waals surface area contributed by atoms with E-state index in [1.165, 1.54) is 6.07 Å². The van der Waals surface area contributed by atoms with Crippen molar-refractivity contribution < 1.29 is 19.0 Å². The maximum atomic E-state index is 13.8. The first-order valence-corrected chi connectivity index (χ1v) is 10.2. The smallest absolute Gasteiger partial charge is 0.335 e. The van der Waals surface area contributed by atoms with Crippen molar-refractivity contribution in [2.75, 3.05) is 37.7 Å². The van der Waals surface area contributed by atoms with Crippen molar-refractivity contribution in [3.63, 3.8) is 0 Å². The molecule has 1 N–H and O–H groups in total. The number of benzene rings is 2. The minimum absolute atomic E-state index is 0.306. The molecule has 1 spiro atoms. The van der Waals surface area contributed by atoms with Crippen LogP contribution in [0.15, 0.2) is 42.5 Å². The largest absolute Gasteiger partial charge is 0.491 e. The van der Waals surface area contributed by atoms with Gasteiger partial charge in [0.1, 0.15) is 0 Å². The van der Waals surface area contributed by atoms with E-state index in [1.54, 1.807) is 12.1 Å². The van der Waals surface area contributed by atoms with E-state index >= 15 is 0 Å². The fourth-order valence-electron chi connectivity index (χ4n) is 4.43. The summed E-state index contributed by atoms with van der Waals surface area (Å²) in [4.78, 5) is 15.8. The van der Waals surface area contributed by atoms with Gasteiger partial charge in [0.05, 0.1) is 12.2 Å². The van der Waals surface area contributed by atoms with Crippen LogP contribution in [0.4, 0.5) is 10.1 Å². The van der Waals surface area contributed by atoms with Crippen LogP contribution < -0.4 is 9.64 Å². The van der Waals surface area contributed by atoms with E-state index in [9.17, 15) is 9.18 Å². The lowest BCUT2D eigenvalue weighted by Crippen LogP contribution is -2.60. The summed E-state index contributed by atoms with van der Waals surface area (Å²) in [6.45, 7) is 7.26. The lowest BCUT2D eigenvalue weighted by Gasteiger charge is -2.55. The maximum absolute atomic E-state index is 13.8. The number of rotatable bonds is 6. The van der Waals surface area contributed by atoms with Crippen LogP contribution in [0.25, 0.3) is 0 Å². The zero-order chi connectivity index (χ0) is 20.4. The molecule has 0 amide bonds. The second-order valence-electron chi connectivity index (χ2n) is 8.18. The topological polar surface area (TPSA) is 53.0 Å². The molecule has 29 heavy (non-hydrogen) atoms. The fourth-order valence-corrected chi connectivity index (χ4v) is 4.43. The molecule has 2 aromatic rings. The predicted molar refractivity (Wildman–Crippen MR) is 110 cm³/mol. The number of anilines is 1. The van der Waals surface area contributed by atoms with Crippen LogP contribution in [0.3, 0.4) is 0 Å². The third-order valence-electron chi connectivity index (χ3n) is 6.15. The van der Waals surface area contributed by atoms with Gasteiger partial charge in [0.15, 0.2) is 11.6 Å². The highest BCUT2D eigenvalue weighted by atomic mass is 19.1. The first-order valence-electron chi connectivity index (χ1n) is 10.2. The first-order chi connectivity index (χ1) is 14.0. The quantitative estimate of drug-likeness (QED) is 0.796. The number of halogens is 1. The third kappa shape index (κ3) is 4.22. The minimum atomic E-state index is -0.890. The molecule has 0 atom stereocenters. The van der Waals surface area contributed by atoms with Crippen LogP contribution >= 0.6 is 0 Å². The number of hydrogen-bond acceptors (Lipinski definition) is 4. The normalized spacial score (nSPS) is 18.5. The highest BCUT2D eigenvalue weighted by Gasteiger charge is 2.44. The summed E-state index contributed by atoms with van der Waals surface area (Å²) in [7, 11) is 0. The number of carbonyl (C=O) groups is 1. The van der Waals surface area contributed by atoms with Crippen LogP contribution in [0.5, 0.6) is 5.75 Å². The van der Waals surface area contributed by atoms with E-state index in [4.69, 9.17) is 9.84 Å². The predicted octanol–water partition coefficient (Wildman–Crippen LogP) is 4.03. The molecule has 6 heteroatoms. The van der Waals surface area contributed by atoms with Gasteiger partial charge in [0, 0.05) is 30.7 Å². The Balaban J connectivity index is 1.29. The molecule has 2 heterocycles. The monoisotopic (exact) mass is 398 g/mol. The van der Waals surface area contributed by atoms with Gasteiger partial charge in [-0.3, -0.25) is 4.90 Å². The number of piperidine rings is 1. The van der Waals surface area contributed by atoms with Crippen molar-refractivity contribution in [1.82, 2.24) is 4.90 Å². The molecule has 2 aliphatic rings. The molecule has 5 nitrogen and oxygen atoms in total. The molecule has 2 aromatic carbocycles. The van der Waals surface area contributed by atoms with Gasteiger partial charge in [-0.2, -0.15) is 0 Å². The van der Waals surface area contributed by atoms with Gasteiger partial charge < -0.3 is 14.7 Å². The molecule has 154 valence electrons. The lowest BCUT2D eigenvalue weighted by molar-refractivity contribution is 0.0695. The maximum Gasteiger partial charge on any atom is 0.335 e. The molecular weight excluding hydrogens is 371 g/mol. The van der Waals surface area contributed by atoms with Crippen LogP contribution in [-0.2, 0) is 6.54 Å². The minimum Gasteiger partial charge on any atom is -0.491 e. The summed E-state index contributed by atoms with van der Waals surface area (Å²) in [5, 5.41) is 9.03. The SMILES string of the molecule is CCOc1cc(CN2CCC3(CC2)CN(c2ccc(C(=O)O)cc2)C3)ccc1F. The molecule has 2 fully saturated rings. The average molecular weight is 398 g/mol. The van der Waals surface area contributed by atoms with Crippen LogP contribution in [-0.4, -0.2) is 48.8 Å². The van der Waals surface area contributed by atoms with Crippen LogP contribution in [0, 0.1) is 11.2 Å². The molecule has 0 aliphatic carbocycles. The van der Waals surface area contributed by atoms with Crippen molar-refractivity contribution in [1.29, 1.82) is 0 Å². The summed E-state index contributed by atoms with van der Waals surface area (Å²) in [6.07, 6.45) is 2.30. The van der Waals surface area contributed by atoms with E-state index < -0.39 is 5.97 Å². The van der Waals surface area contributed by atoms with E-state index in [2.05, 4.69) is 9.80 Å². The Bertz CT molecular complexity index is 868. The number of aromatic carboxylic acids is 1. The number of ether oxygens (including phenoxy) is 1. The van der Waals surface area contributed by atoms with Gasteiger partial charge in [-0.15, -0.1) is 0 Å². The molecule has 2 aliphatic heterocycles. The Morgan fingerprint density at radius 2 is 1.83 bits per heavy atom. The summed E-state index contributed by atoms with van der Waals surface area (Å²) in [6, 6.07) is 12.3. The van der Waals surface area contributed by atoms with Crippen LogP contribution in [0.1, 0.15) is 35.7 Å². The Morgan fingerprint density at radius 3 is 2.45 bits per heavy atom. The lowest BCUT2D eigenvalue weighted by atomic mass is 9.71. The molecule has 0 radical (unpaired) electrons. The number of carboxylic acids is 1. The second kappa shape index (κ2) is 8.03. The van der Waals surface area contributed by atoms with Gasteiger partial charge >= 0.3 is 5.97 Å². The number of carboxylic acid groups (broad SMARTS) is 1. The average Bonchev–Trinajstić information content (AvgIpc) is 2.70. The fraction of sp³-hybridized carbons (Fsp3) is 0.435. The Hall–Kier alpha value is -2.60.